The molecule has 0 bridgehead atoms. The van der Waals surface area contributed by atoms with Crippen LogP contribution < -0.4 is 4.74 Å². The van der Waals surface area contributed by atoms with Crippen LogP contribution in [0.1, 0.15) is 26.1 Å². The summed E-state index contributed by atoms with van der Waals surface area (Å²) in [7, 11) is 1.80. The van der Waals surface area contributed by atoms with Crippen molar-refractivity contribution in [2.75, 3.05) is 26.7 Å². The predicted molar refractivity (Wildman–Crippen MR) is 111 cm³/mol. The molecule has 10 heteroatoms. The van der Waals surface area contributed by atoms with Crippen molar-refractivity contribution in [3.8, 4) is 17.3 Å². The number of hydrogen-bond donors (Lipinski definition) is 0. The van der Waals surface area contributed by atoms with Gasteiger partial charge in [0.25, 0.3) is 0 Å². The minimum Gasteiger partial charge on any atom is -0.471 e. The third-order valence-corrected chi connectivity index (χ3v) is 5.35. The number of fused-ring (bicyclic) bond motifs is 1. The smallest absolute Gasteiger partial charge is 0.319 e. The average molecular weight is 410 g/mol. The van der Waals surface area contributed by atoms with Crippen LogP contribution in [0.2, 0.25) is 0 Å². The van der Waals surface area contributed by atoms with E-state index in [0.717, 1.165) is 17.8 Å². The van der Waals surface area contributed by atoms with Crippen LogP contribution >= 0.6 is 0 Å². The van der Waals surface area contributed by atoms with Gasteiger partial charge in [0.1, 0.15) is 24.1 Å². The molecular weight excluding hydrogens is 384 g/mol. The number of carbonyl (C=O) groups is 1. The number of nitrogens with zero attached hydrogens (tertiary/aromatic N) is 8. The van der Waals surface area contributed by atoms with E-state index in [2.05, 4.69) is 19.9 Å². The summed E-state index contributed by atoms with van der Waals surface area (Å²) in [6, 6.07) is 0.0216. The van der Waals surface area contributed by atoms with Crippen LogP contribution in [-0.4, -0.2) is 78.1 Å². The first kappa shape index (κ1) is 20.0. The first-order chi connectivity index (χ1) is 14.5. The van der Waals surface area contributed by atoms with Gasteiger partial charge in [-0.25, -0.2) is 24.7 Å². The Morgan fingerprint density at radius 3 is 2.70 bits per heavy atom. The fourth-order valence-electron chi connectivity index (χ4n) is 3.56. The summed E-state index contributed by atoms with van der Waals surface area (Å²) < 4.78 is 8.18. The highest BCUT2D eigenvalue weighted by atomic mass is 16.5. The van der Waals surface area contributed by atoms with Gasteiger partial charge in [-0.1, -0.05) is 0 Å². The number of urea groups is 1. The maximum atomic E-state index is 12.4. The summed E-state index contributed by atoms with van der Waals surface area (Å²) in [4.78, 5) is 38.0. The maximum absolute atomic E-state index is 12.4. The van der Waals surface area contributed by atoms with Gasteiger partial charge in [0.05, 0.1) is 12.1 Å². The number of rotatable bonds is 5. The SMILES string of the molecule is CCN(C)C(=O)N1CC[C@H](Oc2ncnc3c2nc(-c2cnc(C)nc2)n3CC)C1. The lowest BCUT2D eigenvalue weighted by atomic mass is 10.3. The van der Waals surface area contributed by atoms with Crippen LogP contribution in [0.3, 0.4) is 0 Å². The van der Waals surface area contributed by atoms with E-state index >= 15 is 0 Å². The standard InChI is InChI=1S/C20H26N8O2/c1-5-26(4)20(29)27-8-7-15(11-27)30-19-16-18(23-12-24-19)28(6-2)17(25-16)14-9-21-13(3)22-10-14/h9-10,12,15H,5-8,11H2,1-4H3/t15-/m0/s1. The van der Waals surface area contributed by atoms with Crippen molar-refractivity contribution in [1.82, 2.24) is 39.3 Å². The number of likely N-dealkylation sites (tertiary alicyclic amines) is 1. The molecule has 4 heterocycles. The Hall–Kier alpha value is -3.30. The van der Waals surface area contributed by atoms with Gasteiger partial charge in [0.2, 0.25) is 5.88 Å². The second-order valence-corrected chi connectivity index (χ2v) is 7.32. The summed E-state index contributed by atoms with van der Waals surface area (Å²) in [6.07, 6.45) is 5.63. The van der Waals surface area contributed by atoms with Crippen molar-refractivity contribution in [1.29, 1.82) is 0 Å². The van der Waals surface area contributed by atoms with Crippen LogP contribution in [0.25, 0.3) is 22.6 Å². The van der Waals surface area contributed by atoms with Crippen molar-refractivity contribution in [3.63, 3.8) is 0 Å². The molecule has 0 spiro atoms. The Balaban J connectivity index is 1.61. The highest BCUT2D eigenvalue weighted by Gasteiger charge is 2.30. The van der Waals surface area contributed by atoms with Crippen LogP contribution in [-0.2, 0) is 6.54 Å². The van der Waals surface area contributed by atoms with Gasteiger partial charge in [-0.2, -0.15) is 4.98 Å². The fraction of sp³-hybridized carbons (Fsp3) is 0.500. The highest BCUT2D eigenvalue weighted by Crippen LogP contribution is 2.29. The van der Waals surface area contributed by atoms with Gasteiger partial charge in [-0.3, -0.25) is 0 Å². The lowest BCUT2D eigenvalue weighted by Gasteiger charge is -2.23. The molecule has 30 heavy (non-hydrogen) atoms. The van der Waals surface area contributed by atoms with E-state index in [1.807, 2.05) is 30.2 Å². The molecule has 0 saturated carbocycles. The molecule has 158 valence electrons. The van der Waals surface area contributed by atoms with Gasteiger partial charge < -0.3 is 19.1 Å². The van der Waals surface area contributed by atoms with Gasteiger partial charge >= 0.3 is 6.03 Å². The molecule has 1 saturated heterocycles. The molecule has 1 atom stereocenters. The first-order valence-corrected chi connectivity index (χ1v) is 10.2. The summed E-state index contributed by atoms with van der Waals surface area (Å²) in [5.74, 6) is 1.87. The number of imidazole rings is 1. The monoisotopic (exact) mass is 410 g/mol. The lowest BCUT2D eigenvalue weighted by Crippen LogP contribution is -2.40. The second kappa shape index (κ2) is 8.21. The number of hydrogen-bond acceptors (Lipinski definition) is 7. The van der Waals surface area contributed by atoms with E-state index in [4.69, 9.17) is 9.72 Å². The van der Waals surface area contributed by atoms with Gasteiger partial charge in [-0.15, -0.1) is 0 Å². The molecule has 1 aliphatic heterocycles. The van der Waals surface area contributed by atoms with Gasteiger partial charge in [-0.05, 0) is 20.8 Å². The molecule has 10 nitrogen and oxygen atoms in total. The zero-order chi connectivity index (χ0) is 21.3. The van der Waals surface area contributed by atoms with E-state index in [-0.39, 0.29) is 12.1 Å². The third kappa shape index (κ3) is 3.64. The van der Waals surface area contributed by atoms with Crippen LogP contribution in [0.5, 0.6) is 5.88 Å². The van der Waals surface area contributed by atoms with E-state index < -0.39 is 0 Å². The molecule has 0 aliphatic carbocycles. The molecule has 4 rings (SSSR count). The second-order valence-electron chi connectivity index (χ2n) is 7.32. The molecular formula is C20H26N8O2. The van der Waals surface area contributed by atoms with E-state index in [9.17, 15) is 4.79 Å². The quantitative estimate of drug-likeness (QED) is 0.635. The summed E-state index contributed by atoms with van der Waals surface area (Å²) in [6.45, 7) is 8.39. The van der Waals surface area contributed by atoms with Crippen molar-refractivity contribution in [3.05, 3.63) is 24.5 Å². The van der Waals surface area contributed by atoms with Crippen molar-refractivity contribution >= 4 is 17.2 Å². The molecule has 1 fully saturated rings. The Labute approximate surface area is 174 Å². The molecule has 3 aromatic rings. The van der Waals surface area contributed by atoms with Crippen LogP contribution in [0.4, 0.5) is 4.79 Å². The van der Waals surface area contributed by atoms with Crippen LogP contribution in [0.15, 0.2) is 18.7 Å². The normalized spacial score (nSPS) is 16.3. The Kier molecular flexibility index (Phi) is 5.47. The summed E-state index contributed by atoms with van der Waals surface area (Å²) >= 11 is 0. The molecule has 0 radical (unpaired) electrons. The number of aryl methyl sites for hydroxylation is 2. The van der Waals surface area contributed by atoms with Crippen LogP contribution in [0, 0.1) is 6.92 Å². The zero-order valence-corrected chi connectivity index (χ0v) is 17.7. The topological polar surface area (TPSA) is 102 Å². The zero-order valence-electron chi connectivity index (χ0n) is 17.7. The molecule has 0 unspecified atom stereocenters. The first-order valence-electron chi connectivity index (χ1n) is 10.2. The molecule has 0 aromatic carbocycles. The van der Waals surface area contributed by atoms with Gasteiger partial charge in [0, 0.05) is 45.5 Å². The highest BCUT2D eigenvalue weighted by molar-refractivity contribution is 5.81. The largest absolute Gasteiger partial charge is 0.471 e. The average Bonchev–Trinajstić information content (AvgIpc) is 3.38. The van der Waals surface area contributed by atoms with Crippen molar-refractivity contribution in [2.45, 2.75) is 39.8 Å². The molecule has 0 N–H and O–H groups in total. The van der Waals surface area contributed by atoms with E-state index in [1.165, 1.54) is 6.33 Å². The molecule has 3 aromatic heterocycles. The number of carbonyl (C=O) groups excluding carboxylic acids is 1. The number of amides is 2. The maximum Gasteiger partial charge on any atom is 0.319 e. The Morgan fingerprint density at radius 1 is 1.23 bits per heavy atom. The molecule has 1 aliphatic rings. The van der Waals surface area contributed by atoms with Gasteiger partial charge in [0.15, 0.2) is 11.2 Å². The fourth-order valence-corrected chi connectivity index (χ4v) is 3.56. The predicted octanol–water partition coefficient (Wildman–Crippen LogP) is 2.14. The third-order valence-electron chi connectivity index (χ3n) is 5.35. The minimum atomic E-state index is -0.129. The Bertz CT molecular complexity index is 1050. The minimum absolute atomic E-state index is 0.0216. The Morgan fingerprint density at radius 2 is 2.00 bits per heavy atom. The van der Waals surface area contributed by atoms with Crippen molar-refractivity contribution in [2.24, 2.45) is 0 Å². The molecule has 2 amide bonds. The number of ether oxygens (including phenoxy) is 1. The van der Waals surface area contributed by atoms with E-state index in [0.29, 0.717) is 49.0 Å². The van der Waals surface area contributed by atoms with Crippen molar-refractivity contribution < 1.29 is 9.53 Å². The number of aromatic nitrogens is 6. The summed E-state index contributed by atoms with van der Waals surface area (Å²) in [5.41, 5.74) is 2.12. The summed E-state index contributed by atoms with van der Waals surface area (Å²) in [5, 5.41) is 0. The van der Waals surface area contributed by atoms with E-state index in [1.54, 1.807) is 24.3 Å². The lowest BCUT2D eigenvalue weighted by molar-refractivity contribution is 0.161.